The number of Topliss-reactive ketones (excluding diaryl/α,β-unsaturated/α-hetero) is 1. The van der Waals surface area contributed by atoms with E-state index < -0.39 is 6.10 Å². The third-order valence-electron chi connectivity index (χ3n) is 4.88. The Morgan fingerprint density at radius 2 is 1.90 bits per heavy atom. The van der Waals surface area contributed by atoms with Crippen LogP contribution in [0.5, 0.6) is 23.0 Å². The van der Waals surface area contributed by atoms with Gasteiger partial charge in [0.2, 0.25) is 6.79 Å². The Morgan fingerprint density at radius 3 is 2.77 bits per heavy atom. The highest BCUT2D eigenvalue weighted by Gasteiger charge is 2.28. The smallest absolute Gasteiger partial charge is 0.231 e. The van der Waals surface area contributed by atoms with Crippen LogP contribution in [0.3, 0.4) is 0 Å². The number of hydrogen-bond donors (Lipinski definition) is 0. The van der Waals surface area contributed by atoms with Gasteiger partial charge >= 0.3 is 0 Å². The summed E-state index contributed by atoms with van der Waals surface area (Å²) >= 11 is 1.32. The molecule has 0 bridgehead atoms. The summed E-state index contributed by atoms with van der Waals surface area (Å²) in [5.74, 6) is 3.41. The van der Waals surface area contributed by atoms with Crippen molar-refractivity contribution >= 4 is 17.5 Å². The van der Waals surface area contributed by atoms with Crippen LogP contribution in [0.15, 0.2) is 60.3 Å². The lowest BCUT2D eigenvalue weighted by atomic mass is 10.1. The van der Waals surface area contributed by atoms with Crippen LogP contribution in [0.4, 0.5) is 0 Å². The first-order chi connectivity index (χ1) is 15.2. The van der Waals surface area contributed by atoms with Gasteiger partial charge < -0.3 is 18.9 Å². The molecule has 2 aromatic carbocycles. The molecule has 0 saturated carbocycles. The van der Waals surface area contributed by atoms with Crippen molar-refractivity contribution in [3.63, 3.8) is 0 Å². The van der Waals surface area contributed by atoms with Crippen molar-refractivity contribution in [3.05, 3.63) is 66.5 Å². The lowest BCUT2D eigenvalue weighted by Crippen LogP contribution is -2.25. The third-order valence-corrected chi connectivity index (χ3v) is 5.85. The molecule has 3 aromatic rings. The summed E-state index contributed by atoms with van der Waals surface area (Å²) in [6, 6.07) is 12.7. The highest BCUT2D eigenvalue weighted by Crippen LogP contribution is 2.36. The van der Waals surface area contributed by atoms with Gasteiger partial charge in [-0.15, -0.1) is 16.8 Å². The van der Waals surface area contributed by atoms with Gasteiger partial charge in [0.1, 0.15) is 6.61 Å². The Morgan fingerprint density at radius 1 is 1.10 bits per heavy atom. The predicted octanol–water partition coefficient (Wildman–Crippen LogP) is 3.68. The summed E-state index contributed by atoms with van der Waals surface area (Å²) in [7, 11) is 0. The maximum absolute atomic E-state index is 12.7. The number of carbonyl (C=O) groups excluding carboxylic acids is 1. The van der Waals surface area contributed by atoms with E-state index >= 15 is 0 Å². The van der Waals surface area contributed by atoms with E-state index in [4.69, 9.17) is 18.9 Å². The number of ketones is 1. The second-order valence-electron chi connectivity index (χ2n) is 6.88. The van der Waals surface area contributed by atoms with Gasteiger partial charge in [0, 0.05) is 12.1 Å². The van der Waals surface area contributed by atoms with E-state index in [2.05, 4.69) is 16.8 Å². The van der Waals surface area contributed by atoms with Gasteiger partial charge in [0.25, 0.3) is 0 Å². The largest absolute Gasteiger partial charge is 0.485 e. The van der Waals surface area contributed by atoms with Crippen LogP contribution < -0.4 is 18.9 Å². The maximum Gasteiger partial charge on any atom is 0.231 e. The highest BCUT2D eigenvalue weighted by atomic mass is 32.2. The minimum absolute atomic E-state index is 0.0378. The van der Waals surface area contributed by atoms with E-state index in [9.17, 15) is 4.79 Å². The maximum atomic E-state index is 12.7. The number of fused-ring (bicyclic) bond motifs is 2. The number of allylic oxidation sites excluding steroid dienone is 1. The zero-order chi connectivity index (χ0) is 21.2. The van der Waals surface area contributed by atoms with E-state index in [-0.39, 0.29) is 18.3 Å². The van der Waals surface area contributed by atoms with E-state index in [1.54, 1.807) is 24.3 Å². The second-order valence-corrected chi connectivity index (χ2v) is 7.83. The Hall–Kier alpha value is -3.46. The third kappa shape index (κ3) is 3.84. The fraction of sp³-hybridized carbons (Fsp3) is 0.227. The fourth-order valence-electron chi connectivity index (χ4n) is 3.38. The molecule has 0 saturated heterocycles. The Bertz CT molecular complexity index is 1150. The molecule has 1 atom stereocenters. The summed E-state index contributed by atoms with van der Waals surface area (Å²) in [6.45, 7) is 4.81. The van der Waals surface area contributed by atoms with Crippen LogP contribution in [0.1, 0.15) is 22.3 Å². The van der Waals surface area contributed by atoms with E-state index in [0.717, 1.165) is 0 Å². The fourth-order valence-corrected chi connectivity index (χ4v) is 4.23. The number of nitrogens with zero attached hydrogens (tertiary/aromatic N) is 3. The SMILES string of the molecule is C=CCn1c(SCC(=O)c2ccc3c(c2)OCO3)nnc1[C@@H]1COc2ccccc2O1. The molecule has 0 amide bonds. The molecule has 0 spiro atoms. The van der Waals surface area contributed by atoms with Gasteiger partial charge in [-0.2, -0.15) is 0 Å². The van der Waals surface area contributed by atoms with Gasteiger partial charge in [-0.25, -0.2) is 0 Å². The van der Waals surface area contributed by atoms with Crippen molar-refractivity contribution in [2.75, 3.05) is 19.2 Å². The van der Waals surface area contributed by atoms with Crippen LogP contribution in [-0.4, -0.2) is 39.7 Å². The number of ether oxygens (including phenoxy) is 4. The molecule has 0 N–H and O–H groups in total. The average molecular weight is 437 g/mol. The average Bonchev–Trinajstić information content (AvgIpc) is 3.44. The molecule has 0 unspecified atom stereocenters. The first-order valence-corrected chi connectivity index (χ1v) is 10.7. The van der Waals surface area contributed by atoms with E-state index in [1.165, 1.54) is 11.8 Å². The summed E-state index contributed by atoms with van der Waals surface area (Å²) in [4.78, 5) is 12.7. The number of carbonyl (C=O) groups is 1. The number of aromatic nitrogens is 3. The van der Waals surface area contributed by atoms with Crippen molar-refractivity contribution in [3.8, 4) is 23.0 Å². The number of para-hydroxylation sites is 2. The summed E-state index contributed by atoms with van der Waals surface area (Å²) < 4.78 is 24.4. The van der Waals surface area contributed by atoms with Gasteiger partial charge in [-0.1, -0.05) is 30.0 Å². The lowest BCUT2D eigenvalue weighted by molar-refractivity contribution is 0.0821. The quantitative estimate of drug-likeness (QED) is 0.314. The molecule has 31 heavy (non-hydrogen) atoms. The number of hydrogen-bond acceptors (Lipinski definition) is 8. The molecular weight excluding hydrogens is 418 g/mol. The Labute approximate surface area is 182 Å². The topological polar surface area (TPSA) is 84.7 Å². The van der Waals surface area contributed by atoms with Gasteiger partial charge in [-0.3, -0.25) is 9.36 Å². The van der Waals surface area contributed by atoms with Crippen LogP contribution >= 0.6 is 11.8 Å². The number of rotatable bonds is 7. The first-order valence-electron chi connectivity index (χ1n) is 9.71. The van der Waals surface area contributed by atoms with Crippen molar-refractivity contribution in [2.24, 2.45) is 0 Å². The first kappa shape index (κ1) is 19.5. The molecule has 2 aliphatic heterocycles. The van der Waals surface area contributed by atoms with Gasteiger partial charge in [0.15, 0.2) is 45.9 Å². The van der Waals surface area contributed by atoms with Crippen molar-refractivity contribution in [2.45, 2.75) is 17.8 Å². The number of benzene rings is 2. The molecule has 3 heterocycles. The second kappa shape index (κ2) is 8.35. The van der Waals surface area contributed by atoms with E-state index in [1.807, 2.05) is 28.8 Å². The zero-order valence-electron chi connectivity index (χ0n) is 16.5. The molecule has 158 valence electrons. The molecule has 9 heteroatoms. The van der Waals surface area contributed by atoms with Gasteiger partial charge in [0.05, 0.1) is 5.75 Å². The normalized spacial score (nSPS) is 16.2. The number of thioether (sulfide) groups is 1. The molecule has 2 aliphatic rings. The molecule has 0 radical (unpaired) electrons. The van der Waals surface area contributed by atoms with Crippen LogP contribution in [0, 0.1) is 0 Å². The lowest BCUT2D eigenvalue weighted by Gasteiger charge is -2.26. The zero-order valence-corrected chi connectivity index (χ0v) is 17.3. The van der Waals surface area contributed by atoms with Crippen molar-refractivity contribution in [1.29, 1.82) is 0 Å². The predicted molar refractivity (Wildman–Crippen MR) is 113 cm³/mol. The summed E-state index contributed by atoms with van der Waals surface area (Å²) in [5, 5.41) is 9.22. The molecule has 0 aliphatic carbocycles. The Balaban J connectivity index is 1.31. The molecule has 0 fully saturated rings. The molecule has 8 nitrogen and oxygen atoms in total. The van der Waals surface area contributed by atoms with Crippen LogP contribution in [0.2, 0.25) is 0 Å². The molecule has 1 aromatic heterocycles. The van der Waals surface area contributed by atoms with E-state index in [0.29, 0.717) is 52.7 Å². The van der Waals surface area contributed by atoms with Crippen LogP contribution in [0.25, 0.3) is 0 Å². The standard InChI is InChI=1S/C22H19N3O5S/c1-2-9-25-21(20-11-27-16-5-3-4-6-18(16)30-20)23-24-22(25)31-12-15(26)14-7-8-17-19(10-14)29-13-28-17/h2-8,10,20H,1,9,11-13H2/t20-/m0/s1. The van der Waals surface area contributed by atoms with Gasteiger partial charge in [-0.05, 0) is 30.3 Å². The van der Waals surface area contributed by atoms with Crippen LogP contribution in [-0.2, 0) is 6.54 Å². The minimum Gasteiger partial charge on any atom is -0.485 e. The highest BCUT2D eigenvalue weighted by molar-refractivity contribution is 7.99. The minimum atomic E-state index is -0.402. The van der Waals surface area contributed by atoms with Crippen molar-refractivity contribution in [1.82, 2.24) is 14.8 Å². The molecule has 5 rings (SSSR count). The van der Waals surface area contributed by atoms with Crippen molar-refractivity contribution < 1.29 is 23.7 Å². The Kier molecular flexibility index (Phi) is 5.25. The summed E-state index contributed by atoms with van der Waals surface area (Å²) in [5.41, 5.74) is 0.562. The molecular formula is C22H19N3O5S. The summed E-state index contributed by atoms with van der Waals surface area (Å²) in [6.07, 6.45) is 1.36. The monoisotopic (exact) mass is 437 g/mol.